The number of hydrogen-bond donors (Lipinski definition) is 9. The maximum Gasteiger partial charge on any atom is 0.326 e. The summed E-state index contributed by atoms with van der Waals surface area (Å²) in [4.78, 5) is 68.2. The lowest BCUT2D eigenvalue weighted by atomic mass is 10.0. The van der Waals surface area contributed by atoms with Crippen LogP contribution in [0.5, 0.6) is 5.75 Å². The molecule has 0 aliphatic rings. The zero-order valence-electron chi connectivity index (χ0n) is 20.5. The van der Waals surface area contributed by atoms with E-state index < -0.39 is 66.3 Å². The Balaban J connectivity index is 2.30. The molecule has 11 N–H and O–H groups in total. The maximum atomic E-state index is 13.3. The molecule has 0 aliphatic heterocycles. The zero-order valence-corrected chi connectivity index (χ0v) is 20.5. The van der Waals surface area contributed by atoms with Crippen molar-refractivity contribution in [3.05, 3.63) is 48.0 Å². The second kappa shape index (κ2) is 13.7. The van der Waals surface area contributed by atoms with Crippen molar-refractivity contribution in [2.45, 2.75) is 56.5 Å². The molecule has 0 spiro atoms. The van der Waals surface area contributed by atoms with Gasteiger partial charge in [0.2, 0.25) is 23.6 Å². The van der Waals surface area contributed by atoms with Crippen molar-refractivity contribution in [2.24, 2.45) is 11.5 Å². The van der Waals surface area contributed by atoms with Crippen molar-refractivity contribution < 1.29 is 39.3 Å². The highest BCUT2D eigenvalue weighted by molar-refractivity contribution is 5.95. The van der Waals surface area contributed by atoms with E-state index in [1.807, 2.05) is 0 Å². The van der Waals surface area contributed by atoms with Crippen molar-refractivity contribution >= 4 is 29.6 Å². The van der Waals surface area contributed by atoms with Crippen LogP contribution in [0.1, 0.15) is 24.6 Å². The van der Waals surface area contributed by atoms with Crippen LogP contribution in [0.15, 0.2) is 36.8 Å². The van der Waals surface area contributed by atoms with E-state index in [4.69, 9.17) is 11.5 Å². The molecule has 2 aromatic rings. The average molecular weight is 534 g/mol. The van der Waals surface area contributed by atoms with Gasteiger partial charge in [-0.1, -0.05) is 12.1 Å². The van der Waals surface area contributed by atoms with E-state index in [9.17, 15) is 39.3 Å². The van der Waals surface area contributed by atoms with Crippen LogP contribution < -0.4 is 27.4 Å². The van der Waals surface area contributed by atoms with E-state index in [1.165, 1.54) is 43.7 Å². The molecule has 2 rings (SSSR count). The lowest BCUT2D eigenvalue weighted by Gasteiger charge is -2.25. The molecule has 0 saturated carbocycles. The number of phenols is 1. The van der Waals surface area contributed by atoms with Crippen LogP contribution in [0.3, 0.4) is 0 Å². The summed E-state index contributed by atoms with van der Waals surface area (Å²) < 4.78 is 0. The Labute approximate surface area is 217 Å². The second-order valence-corrected chi connectivity index (χ2v) is 8.61. The number of amides is 4. The van der Waals surface area contributed by atoms with Gasteiger partial charge in [-0.25, -0.2) is 9.78 Å². The fraction of sp³-hybridized carbons (Fsp3) is 0.391. The fourth-order valence-corrected chi connectivity index (χ4v) is 3.34. The number of aromatic nitrogens is 2. The van der Waals surface area contributed by atoms with Gasteiger partial charge in [0, 0.05) is 24.7 Å². The van der Waals surface area contributed by atoms with E-state index in [1.54, 1.807) is 0 Å². The number of aromatic amines is 1. The molecule has 15 heteroatoms. The lowest BCUT2D eigenvalue weighted by Crippen LogP contribution is -2.59. The normalized spacial score (nSPS) is 14.8. The number of carbonyl (C=O) groups excluding carboxylic acids is 4. The number of phenolic OH excluding ortho intramolecular Hbond substituents is 1. The highest BCUT2D eigenvalue weighted by Gasteiger charge is 2.32. The summed E-state index contributed by atoms with van der Waals surface area (Å²) in [7, 11) is 0. The second-order valence-electron chi connectivity index (χ2n) is 8.61. The van der Waals surface area contributed by atoms with Gasteiger partial charge in [0.1, 0.15) is 29.9 Å². The summed E-state index contributed by atoms with van der Waals surface area (Å²) in [5.74, 6) is -5.08. The SMILES string of the molecule is CC(O)C(N)C(=O)NC(Cc1ccc(O)cc1)C(=O)NC(Cc1cnc[nH]1)C(=O)NC(CC(N)=O)C(=O)O. The Morgan fingerprint density at radius 3 is 2.00 bits per heavy atom. The number of carbonyl (C=O) groups is 5. The molecular weight excluding hydrogens is 502 g/mol. The predicted octanol–water partition coefficient (Wildman–Crippen LogP) is -2.98. The van der Waals surface area contributed by atoms with Gasteiger partial charge in [-0.2, -0.15) is 0 Å². The van der Waals surface area contributed by atoms with Crippen LogP contribution in [0.4, 0.5) is 0 Å². The molecule has 206 valence electrons. The van der Waals surface area contributed by atoms with Crippen LogP contribution in [0, 0.1) is 0 Å². The van der Waals surface area contributed by atoms with Gasteiger partial charge in [0.05, 0.1) is 18.9 Å². The third-order valence-corrected chi connectivity index (χ3v) is 5.46. The highest BCUT2D eigenvalue weighted by Crippen LogP contribution is 2.12. The monoisotopic (exact) mass is 533 g/mol. The number of aliphatic hydroxyl groups excluding tert-OH is 1. The van der Waals surface area contributed by atoms with Gasteiger partial charge in [0.25, 0.3) is 0 Å². The van der Waals surface area contributed by atoms with Crippen LogP contribution >= 0.6 is 0 Å². The lowest BCUT2D eigenvalue weighted by molar-refractivity contribution is -0.143. The van der Waals surface area contributed by atoms with E-state index in [0.717, 1.165) is 0 Å². The number of imidazole rings is 1. The molecule has 5 atom stereocenters. The summed E-state index contributed by atoms with van der Waals surface area (Å²) in [6, 6.07) is 0.174. The molecule has 0 saturated heterocycles. The minimum Gasteiger partial charge on any atom is -0.508 e. The number of aliphatic hydroxyl groups is 1. The van der Waals surface area contributed by atoms with Gasteiger partial charge in [-0.3, -0.25) is 19.2 Å². The Kier molecular flexibility index (Phi) is 10.7. The van der Waals surface area contributed by atoms with Gasteiger partial charge in [0.15, 0.2) is 0 Å². The van der Waals surface area contributed by atoms with Crippen molar-refractivity contribution in [1.82, 2.24) is 25.9 Å². The first-order valence-electron chi connectivity index (χ1n) is 11.5. The van der Waals surface area contributed by atoms with E-state index >= 15 is 0 Å². The number of aromatic hydroxyl groups is 1. The maximum absolute atomic E-state index is 13.3. The quantitative estimate of drug-likeness (QED) is 0.119. The van der Waals surface area contributed by atoms with Crippen molar-refractivity contribution in [2.75, 3.05) is 0 Å². The molecule has 1 aromatic heterocycles. The third kappa shape index (κ3) is 9.18. The van der Waals surface area contributed by atoms with E-state index in [-0.39, 0.29) is 18.6 Å². The molecule has 1 heterocycles. The fourth-order valence-electron chi connectivity index (χ4n) is 3.34. The molecule has 0 radical (unpaired) electrons. The first-order chi connectivity index (χ1) is 17.9. The number of rotatable bonds is 14. The predicted molar refractivity (Wildman–Crippen MR) is 131 cm³/mol. The number of primary amides is 1. The standard InChI is InChI=1S/C23H31N7O8/c1-11(31)19(25)22(36)29-15(6-12-2-4-14(32)5-3-12)20(34)28-16(7-13-9-26-10-27-13)21(35)30-17(23(37)38)8-18(24)33/h2-5,9-11,15-17,19,31-32H,6-8,25H2,1H3,(H2,24,33)(H,26,27)(H,28,34)(H,29,36)(H,30,35)(H,37,38). The molecule has 5 unspecified atom stereocenters. The van der Waals surface area contributed by atoms with Crippen LogP contribution in [0.25, 0.3) is 0 Å². The number of H-pyrrole nitrogens is 1. The Morgan fingerprint density at radius 2 is 1.50 bits per heavy atom. The Hall–Kier alpha value is -4.50. The Bertz CT molecular complexity index is 1120. The Morgan fingerprint density at radius 1 is 0.947 bits per heavy atom. The first-order valence-corrected chi connectivity index (χ1v) is 11.5. The average Bonchev–Trinajstić information content (AvgIpc) is 3.36. The summed E-state index contributed by atoms with van der Waals surface area (Å²) in [5.41, 5.74) is 11.7. The number of benzene rings is 1. The molecular formula is C23H31N7O8. The zero-order chi connectivity index (χ0) is 28.4. The first kappa shape index (κ1) is 29.7. The number of nitrogens with one attached hydrogen (secondary N) is 4. The smallest absolute Gasteiger partial charge is 0.326 e. The molecule has 0 bridgehead atoms. The van der Waals surface area contributed by atoms with Gasteiger partial charge in [-0.05, 0) is 24.6 Å². The minimum absolute atomic E-state index is 0.0184. The third-order valence-electron chi connectivity index (χ3n) is 5.46. The van der Waals surface area contributed by atoms with Crippen molar-refractivity contribution in [3.63, 3.8) is 0 Å². The number of aliphatic carboxylic acids is 1. The largest absolute Gasteiger partial charge is 0.508 e. The van der Waals surface area contributed by atoms with Crippen LogP contribution in [-0.2, 0) is 36.8 Å². The van der Waals surface area contributed by atoms with Gasteiger partial charge >= 0.3 is 5.97 Å². The van der Waals surface area contributed by atoms with Crippen LogP contribution in [0.2, 0.25) is 0 Å². The number of nitrogens with zero attached hydrogens (tertiary/aromatic N) is 1. The number of carboxylic acid groups (broad SMARTS) is 1. The number of carboxylic acids is 1. The molecule has 38 heavy (non-hydrogen) atoms. The summed E-state index contributed by atoms with van der Waals surface area (Å²) in [6.45, 7) is 1.30. The van der Waals surface area contributed by atoms with E-state index in [2.05, 4.69) is 25.9 Å². The number of hydrogen-bond acceptors (Lipinski definition) is 9. The molecule has 1 aromatic carbocycles. The van der Waals surface area contributed by atoms with Crippen molar-refractivity contribution in [3.8, 4) is 5.75 Å². The summed E-state index contributed by atoms with van der Waals surface area (Å²) >= 11 is 0. The molecule has 4 amide bonds. The summed E-state index contributed by atoms with van der Waals surface area (Å²) in [6.07, 6.45) is 0.606. The summed E-state index contributed by atoms with van der Waals surface area (Å²) in [5, 5.41) is 35.6. The number of nitrogens with two attached hydrogens (primary N) is 2. The topological polar surface area (TPSA) is 263 Å². The van der Waals surface area contributed by atoms with Crippen molar-refractivity contribution in [1.29, 1.82) is 0 Å². The van der Waals surface area contributed by atoms with E-state index in [0.29, 0.717) is 11.3 Å². The molecule has 0 fully saturated rings. The van der Waals surface area contributed by atoms with Gasteiger partial charge < -0.3 is 47.7 Å². The molecule has 0 aliphatic carbocycles. The minimum atomic E-state index is -1.64. The highest BCUT2D eigenvalue weighted by atomic mass is 16.4. The van der Waals surface area contributed by atoms with Gasteiger partial charge in [-0.15, -0.1) is 0 Å². The van der Waals surface area contributed by atoms with Crippen LogP contribution in [-0.4, -0.2) is 85.2 Å². The molecule has 15 nitrogen and oxygen atoms in total.